The Morgan fingerprint density at radius 2 is 1.89 bits per heavy atom. The van der Waals surface area contributed by atoms with Crippen LogP contribution in [0.25, 0.3) is 11.0 Å². The number of carbonyl (C=O) groups is 1. The number of para-hydroxylation sites is 1. The van der Waals surface area contributed by atoms with Crippen LogP contribution in [-0.4, -0.2) is 40.7 Å². The smallest absolute Gasteiger partial charge is 0.464 e. The monoisotopic (exact) mass is 367 g/mol. The van der Waals surface area contributed by atoms with E-state index < -0.39 is 24.9 Å². The van der Waals surface area contributed by atoms with Gasteiger partial charge in [0, 0.05) is 5.39 Å². The van der Waals surface area contributed by atoms with Crippen LogP contribution in [0.2, 0.25) is 0 Å². The number of aryl methyl sites for hydroxylation is 1. The highest BCUT2D eigenvalue weighted by molar-refractivity contribution is 6.43. The van der Waals surface area contributed by atoms with Crippen molar-refractivity contribution in [2.45, 2.75) is 25.2 Å². The lowest BCUT2D eigenvalue weighted by molar-refractivity contribution is -0.123. The van der Waals surface area contributed by atoms with Gasteiger partial charge in [0.15, 0.2) is 0 Å². The molecular formula is C20H22BNO5. The predicted molar refractivity (Wildman–Crippen MR) is 103 cm³/mol. The molecule has 27 heavy (non-hydrogen) atoms. The summed E-state index contributed by atoms with van der Waals surface area (Å²) < 4.78 is 5.59. The Morgan fingerprint density at radius 3 is 2.56 bits per heavy atom. The fourth-order valence-corrected chi connectivity index (χ4v) is 3.19. The van der Waals surface area contributed by atoms with Gasteiger partial charge in [-0.3, -0.25) is 4.79 Å². The van der Waals surface area contributed by atoms with Crippen molar-refractivity contribution in [2.75, 3.05) is 6.61 Å². The summed E-state index contributed by atoms with van der Waals surface area (Å²) >= 11 is 0. The summed E-state index contributed by atoms with van der Waals surface area (Å²) in [5, 5.41) is 32.7. The molecule has 0 fully saturated rings. The number of aliphatic hydroxyl groups excluding tert-OH is 1. The van der Waals surface area contributed by atoms with Crippen LogP contribution in [0.3, 0.4) is 0 Å². The Hall–Kier alpha value is -2.61. The van der Waals surface area contributed by atoms with E-state index >= 15 is 0 Å². The van der Waals surface area contributed by atoms with Gasteiger partial charge in [-0.15, -0.1) is 0 Å². The topological polar surface area (TPSA) is 103 Å². The standard InChI is InChI=1S/C20H22BNO5/c1-13-6-5-9-16-15(12-27-19(13)16)10-18(21(25)26)22-20(24)17(11-23)14-7-3-2-4-8-14/h2-9,12,17-18,23,25-26H,10-11H2,1H3,(H,22,24)/t17-,18-/m0/s1. The van der Waals surface area contributed by atoms with E-state index in [9.17, 15) is 19.9 Å². The SMILES string of the molecule is Cc1cccc2c(C[C@H](NC(=O)[C@@H](CO)c3ccccc3)B(O)O)coc12. The van der Waals surface area contributed by atoms with Gasteiger partial charge >= 0.3 is 7.12 Å². The lowest BCUT2D eigenvalue weighted by atomic mass is 9.75. The molecule has 1 amide bonds. The Kier molecular flexibility index (Phi) is 5.96. The fraction of sp³-hybridized carbons (Fsp3) is 0.250. The summed E-state index contributed by atoms with van der Waals surface area (Å²) in [5.41, 5.74) is 3.15. The third kappa shape index (κ3) is 4.22. The second-order valence-corrected chi connectivity index (χ2v) is 6.59. The van der Waals surface area contributed by atoms with Gasteiger partial charge < -0.3 is 24.9 Å². The van der Waals surface area contributed by atoms with Crippen molar-refractivity contribution < 1.29 is 24.4 Å². The van der Waals surface area contributed by atoms with Gasteiger partial charge in [-0.25, -0.2) is 0 Å². The molecule has 2 aromatic carbocycles. The third-order valence-corrected chi connectivity index (χ3v) is 4.71. The number of nitrogens with one attached hydrogen (secondary N) is 1. The Morgan fingerprint density at radius 1 is 1.15 bits per heavy atom. The molecule has 0 saturated heterocycles. The zero-order valence-electron chi connectivity index (χ0n) is 15.0. The summed E-state index contributed by atoms with van der Waals surface area (Å²) in [6.45, 7) is 1.55. The van der Waals surface area contributed by atoms with E-state index in [1.54, 1.807) is 30.5 Å². The number of furan rings is 1. The Balaban J connectivity index is 1.79. The summed E-state index contributed by atoms with van der Waals surface area (Å²) in [6, 6.07) is 14.6. The molecule has 0 spiro atoms. The summed E-state index contributed by atoms with van der Waals surface area (Å²) in [5.74, 6) is -2.18. The highest BCUT2D eigenvalue weighted by Crippen LogP contribution is 2.25. The zero-order chi connectivity index (χ0) is 19.4. The van der Waals surface area contributed by atoms with Crippen LogP contribution >= 0.6 is 0 Å². The normalized spacial score (nSPS) is 13.3. The third-order valence-electron chi connectivity index (χ3n) is 4.71. The maximum Gasteiger partial charge on any atom is 0.475 e. The second kappa shape index (κ2) is 8.39. The molecular weight excluding hydrogens is 345 g/mol. The molecule has 7 heteroatoms. The first-order chi connectivity index (χ1) is 13.0. The first-order valence-corrected chi connectivity index (χ1v) is 8.79. The average Bonchev–Trinajstić information content (AvgIpc) is 3.07. The first-order valence-electron chi connectivity index (χ1n) is 8.79. The molecule has 6 nitrogen and oxygen atoms in total. The number of carbonyl (C=O) groups excluding carboxylic acids is 1. The second-order valence-electron chi connectivity index (χ2n) is 6.59. The minimum atomic E-state index is -1.75. The zero-order valence-corrected chi connectivity index (χ0v) is 15.0. The van der Waals surface area contributed by atoms with Crippen molar-refractivity contribution in [1.82, 2.24) is 5.32 Å². The molecule has 0 aliphatic rings. The lowest BCUT2D eigenvalue weighted by Crippen LogP contribution is -2.49. The van der Waals surface area contributed by atoms with Crippen molar-refractivity contribution in [2.24, 2.45) is 0 Å². The van der Waals surface area contributed by atoms with E-state index in [-0.39, 0.29) is 13.0 Å². The lowest BCUT2D eigenvalue weighted by Gasteiger charge is -2.21. The molecule has 0 saturated carbocycles. The first kappa shape index (κ1) is 19.2. The number of hydrogen-bond donors (Lipinski definition) is 4. The largest absolute Gasteiger partial charge is 0.475 e. The van der Waals surface area contributed by atoms with Gasteiger partial charge in [-0.1, -0.05) is 48.5 Å². The van der Waals surface area contributed by atoms with E-state index in [1.807, 2.05) is 31.2 Å². The van der Waals surface area contributed by atoms with Crippen molar-refractivity contribution in [3.8, 4) is 0 Å². The molecule has 0 aliphatic heterocycles. The highest BCUT2D eigenvalue weighted by Gasteiger charge is 2.30. The van der Waals surface area contributed by atoms with Gasteiger partial charge in [0.05, 0.1) is 24.7 Å². The molecule has 4 N–H and O–H groups in total. The van der Waals surface area contributed by atoms with Gasteiger partial charge in [0.25, 0.3) is 0 Å². The van der Waals surface area contributed by atoms with Crippen LogP contribution in [0.1, 0.15) is 22.6 Å². The number of fused-ring (bicyclic) bond motifs is 1. The van der Waals surface area contributed by atoms with E-state index in [1.165, 1.54) is 0 Å². The molecule has 2 atom stereocenters. The van der Waals surface area contributed by atoms with Gasteiger partial charge in [-0.2, -0.15) is 0 Å². The van der Waals surface area contributed by atoms with E-state index in [0.717, 1.165) is 22.1 Å². The minimum Gasteiger partial charge on any atom is -0.464 e. The molecule has 140 valence electrons. The molecule has 3 rings (SSSR count). The number of amides is 1. The average molecular weight is 367 g/mol. The molecule has 1 aromatic heterocycles. The molecule has 0 bridgehead atoms. The van der Waals surface area contributed by atoms with Gasteiger partial charge in [-0.05, 0) is 30.0 Å². The van der Waals surface area contributed by atoms with Crippen molar-refractivity contribution in [3.63, 3.8) is 0 Å². The number of aliphatic hydroxyl groups is 1. The predicted octanol–water partition coefficient (Wildman–Crippen LogP) is 1.56. The molecule has 1 heterocycles. The highest BCUT2D eigenvalue weighted by atomic mass is 16.4. The van der Waals surface area contributed by atoms with Gasteiger partial charge in [0.1, 0.15) is 5.58 Å². The van der Waals surface area contributed by atoms with Gasteiger partial charge in [0.2, 0.25) is 5.91 Å². The number of hydrogen-bond acceptors (Lipinski definition) is 5. The van der Waals surface area contributed by atoms with Crippen LogP contribution < -0.4 is 5.32 Å². The summed E-state index contributed by atoms with van der Waals surface area (Å²) in [4.78, 5) is 12.6. The maximum atomic E-state index is 12.6. The summed E-state index contributed by atoms with van der Waals surface area (Å²) in [6.07, 6.45) is 1.76. The molecule has 3 aromatic rings. The van der Waals surface area contributed by atoms with Crippen LogP contribution in [0.5, 0.6) is 0 Å². The quantitative estimate of drug-likeness (QED) is 0.475. The number of benzene rings is 2. The fourth-order valence-electron chi connectivity index (χ4n) is 3.19. The number of rotatable bonds is 7. The van der Waals surface area contributed by atoms with Crippen LogP contribution in [0, 0.1) is 6.92 Å². The van der Waals surface area contributed by atoms with Crippen LogP contribution in [0.4, 0.5) is 0 Å². The minimum absolute atomic E-state index is 0.187. The Labute approximate surface area is 157 Å². The van der Waals surface area contributed by atoms with E-state index in [2.05, 4.69) is 5.32 Å². The molecule has 0 radical (unpaired) electrons. The van der Waals surface area contributed by atoms with Crippen molar-refractivity contribution in [1.29, 1.82) is 0 Å². The Bertz CT molecular complexity index is 909. The van der Waals surface area contributed by atoms with Crippen LogP contribution in [-0.2, 0) is 11.2 Å². The maximum absolute atomic E-state index is 12.6. The van der Waals surface area contributed by atoms with E-state index in [0.29, 0.717) is 5.56 Å². The van der Waals surface area contributed by atoms with Crippen molar-refractivity contribution in [3.05, 3.63) is 71.5 Å². The summed E-state index contributed by atoms with van der Waals surface area (Å²) in [7, 11) is -1.75. The van der Waals surface area contributed by atoms with Crippen LogP contribution in [0.15, 0.2) is 59.2 Å². The molecule has 0 unspecified atom stereocenters. The molecule has 0 aliphatic carbocycles. The van der Waals surface area contributed by atoms with Crippen molar-refractivity contribution >= 4 is 24.0 Å². The van der Waals surface area contributed by atoms with E-state index in [4.69, 9.17) is 4.42 Å².